The number of nitrogens with zero attached hydrogens (tertiary/aromatic N) is 3. The number of hydrogen-bond acceptors (Lipinski definition) is 7. The zero-order valence-corrected chi connectivity index (χ0v) is 23.9. The lowest BCUT2D eigenvalue weighted by atomic mass is 9.74. The molecule has 1 aliphatic carbocycles. The highest BCUT2D eigenvalue weighted by molar-refractivity contribution is 5.83. The normalized spacial score (nSPS) is 29.9. The summed E-state index contributed by atoms with van der Waals surface area (Å²) in [5.74, 6) is 0.565. The van der Waals surface area contributed by atoms with E-state index in [0.29, 0.717) is 36.2 Å². The lowest BCUT2D eigenvalue weighted by Gasteiger charge is -2.43. The average molecular weight is 565 g/mol. The summed E-state index contributed by atoms with van der Waals surface area (Å²) in [5.41, 5.74) is 9.55. The van der Waals surface area contributed by atoms with Crippen molar-refractivity contribution in [3.63, 3.8) is 0 Å². The Balaban J connectivity index is 1.13. The second-order valence-corrected chi connectivity index (χ2v) is 12.1. The van der Waals surface area contributed by atoms with Gasteiger partial charge >= 0.3 is 0 Å². The highest BCUT2D eigenvalue weighted by Crippen LogP contribution is 2.40. The van der Waals surface area contributed by atoms with Crippen LogP contribution in [0.2, 0.25) is 0 Å². The molecule has 41 heavy (non-hydrogen) atoms. The van der Waals surface area contributed by atoms with Crippen LogP contribution >= 0.6 is 0 Å². The van der Waals surface area contributed by atoms with Crippen molar-refractivity contribution in [1.29, 1.82) is 0 Å². The minimum atomic E-state index is -0.347. The van der Waals surface area contributed by atoms with Crippen LogP contribution in [0.1, 0.15) is 61.4 Å². The van der Waals surface area contributed by atoms with Gasteiger partial charge in [-0.3, -0.25) is 24.9 Å². The van der Waals surface area contributed by atoms with Gasteiger partial charge in [-0.2, -0.15) is 0 Å². The van der Waals surface area contributed by atoms with Crippen LogP contribution < -0.4 is 20.9 Å². The van der Waals surface area contributed by atoms with E-state index in [1.54, 1.807) is 12.1 Å². The van der Waals surface area contributed by atoms with Crippen molar-refractivity contribution in [3.8, 4) is 5.75 Å². The molecule has 4 fully saturated rings. The molecule has 6 rings (SSSR count). The summed E-state index contributed by atoms with van der Waals surface area (Å²) in [6.45, 7) is 4.30. The fraction of sp³-hybridized carbons (Fsp3) is 0.581. The van der Waals surface area contributed by atoms with Gasteiger partial charge in [0, 0.05) is 61.6 Å². The Bertz CT molecular complexity index is 1270. The molecule has 3 saturated heterocycles. The lowest BCUT2D eigenvalue weighted by molar-refractivity contribution is -0.142. The number of rotatable bonds is 7. The highest BCUT2D eigenvalue weighted by Gasteiger charge is 2.44. The summed E-state index contributed by atoms with van der Waals surface area (Å²) in [4.78, 5) is 35.2. The number of piperidine rings is 1. The molecule has 10 heteroatoms. The molecule has 9 nitrogen and oxygen atoms in total. The molecule has 0 bridgehead atoms. The summed E-state index contributed by atoms with van der Waals surface area (Å²) in [6.07, 6.45) is 6.80. The van der Waals surface area contributed by atoms with Gasteiger partial charge in [0.1, 0.15) is 11.6 Å². The molecule has 4 unspecified atom stereocenters. The Morgan fingerprint density at radius 3 is 2.76 bits per heavy atom. The minimum Gasteiger partial charge on any atom is -0.496 e. The Kier molecular flexibility index (Phi) is 8.23. The largest absolute Gasteiger partial charge is 0.496 e. The first-order chi connectivity index (χ1) is 19.9. The molecule has 4 heterocycles. The summed E-state index contributed by atoms with van der Waals surface area (Å²) in [5, 5.41) is 3.33. The van der Waals surface area contributed by atoms with Crippen molar-refractivity contribution in [2.24, 2.45) is 11.8 Å². The summed E-state index contributed by atoms with van der Waals surface area (Å²) >= 11 is 0. The fourth-order valence-corrected chi connectivity index (χ4v) is 7.16. The second-order valence-electron chi connectivity index (χ2n) is 12.1. The van der Waals surface area contributed by atoms with Gasteiger partial charge in [-0.05, 0) is 81.2 Å². The fourth-order valence-electron chi connectivity index (χ4n) is 7.16. The third-order valence-corrected chi connectivity index (χ3v) is 9.54. The zero-order valence-electron chi connectivity index (χ0n) is 23.9. The molecule has 1 aromatic heterocycles. The Hall–Kier alpha value is -3.08. The molecule has 0 radical (unpaired) electrons. The average Bonchev–Trinajstić information content (AvgIpc) is 3.37. The maximum absolute atomic E-state index is 14.9. The third kappa shape index (κ3) is 5.82. The number of benzene rings is 1. The number of fused-ring (bicyclic) bond motifs is 1. The number of likely N-dealkylation sites (tertiary alicyclic amines) is 2. The van der Waals surface area contributed by atoms with Gasteiger partial charge in [0.25, 0.3) is 0 Å². The number of halogens is 1. The molecule has 1 aromatic carbocycles. The van der Waals surface area contributed by atoms with Crippen LogP contribution in [-0.4, -0.2) is 71.5 Å². The van der Waals surface area contributed by atoms with Crippen LogP contribution in [0.4, 0.5) is 4.39 Å². The van der Waals surface area contributed by atoms with Gasteiger partial charge < -0.3 is 15.0 Å². The molecule has 3 aliphatic heterocycles. The number of nitrogens with one attached hydrogen (secondary N) is 3. The van der Waals surface area contributed by atoms with Crippen molar-refractivity contribution in [2.45, 2.75) is 76.2 Å². The predicted molar refractivity (Wildman–Crippen MR) is 152 cm³/mol. The Labute approximate surface area is 241 Å². The number of methoxy groups -OCH3 is 1. The van der Waals surface area contributed by atoms with Gasteiger partial charge in [-0.25, -0.2) is 9.82 Å². The monoisotopic (exact) mass is 564 g/mol. The number of hydrazine groups is 1. The maximum Gasteiger partial charge on any atom is 0.239 e. The van der Waals surface area contributed by atoms with Crippen molar-refractivity contribution in [2.75, 3.05) is 26.7 Å². The van der Waals surface area contributed by atoms with Crippen molar-refractivity contribution < 1.29 is 18.7 Å². The van der Waals surface area contributed by atoms with E-state index in [1.807, 2.05) is 22.9 Å². The molecule has 2 aromatic rings. The smallest absolute Gasteiger partial charge is 0.239 e. The van der Waals surface area contributed by atoms with E-state index >= 15 is 0 Å². The summed E-state index contributed by atoms with van der Waals surface area (Å²) in [7, 11) is 1.53. The molecule has 3 N–H and O–H groups in total. The quantitative estimate of drug-likeness (QED) is 0.476. The van der Waals surface area contributed by atoms with Gasteiger partial charge in [0.05, 0.1) is 19.2 Å². The standard InChI is InChI=1S/C31H41FN6O3/c1-19-15-20(11-12-33-19)29-23-16-21(7-9-26(23)35-36-29)30(39)34-22-8-10-27(31(40)37-13-4-14-37)38(17-22)18-24-25(32)5-3-6-28(24)41-2/h3,5-6,11-12,15,21-23,26-27,29,35-36H,4,7-10,13-14,16-18H2,1-2H3,(H,34,39)/t21?,22-,23?,26?,27+,29?/m1/s1. The SMILES string of the molecule is COc1cccc(F)c1CN1C[C@H](NC(=O)C2CCC3NNC(c4ccnc(C)c4)C3C2)CC[C@H]1C(=O)N1CCC1. The highest BCUT2D eigenvalue weighted by atomic mass is 19.1. The molecular formula is C31H41FN6O3. The van der Waals surface area contributed by atoms with Crippen LogP contribution in [0.25, 0.3) is 0 Å². The van der Waals surface area contributed by atoms with Gasteiger partial charge in [-0.15, -0.1) is 0 Å². The van der Waals surface area contributed by atoms with Crippen LogP contribution in [0, 0.1) is 24.6 Å². The molecule has 6 atom stereocenters. The zero-order chi connectivity index (χ0) is 28.5. The summed E-state index contributed by atoms with van der Waals surface area (Å²) < 4.78 is 20.4. The molecule has 0 spiro atoms. The van der Waals surface area contributed by atoms with E-state index in [4.69, 9.17) is 4.74 Å². The number of carbonyl (C=O) groups excluding carboxylic acids is 2. The van der Waals surface area contributed by atoms with E-state index in [2.05, 4.69) is 33.3 Å². The molecule has 220 valence electrons. The van der Waals surface area contributed by atoms with Crippen molar-refractivity contribution in [1.82, 2.24) is 31.0 Å². The third-order valence-electron chi connectivity index (χ3n) is 9.54. The number of carbonyl (C=O) groups is 2. The Morgan fingerprint density at radius 1 is 1.15 bits per heavy atom. The summed E-state index contributed by atoms with van der Waals surface area (Å²) in [6, 6.07) is 9.03. The van der Waals surface area contributed by atoms with Crippen molar-refractivity contribution in [3.05, 3.63) is 59.2 Å². The molecule has 2 amide bonds. The predicted octanol–water partition coefficient (Wildman–Crippen LogP) is 2.85. The Morgan fingerprint density at radius 2 is 2.00 bits per heavy atom. The van der Waals surface area contributed by atoms with E-state index in [-0.39, 0.29) is 48.2 Å². The first-order valence-electron chi connectivity index (χ1n) is 15.0. The van der Waals surface area contributed by atoms with Crippen molar-refractivity contribution >= 4 is 11.8 Å². The van der Waals surface area contributed by atoms with E-state index in [1.165, 1.54) is 18.7 Å². The molecule has 4 aliphatic rings. The van der Waals surface area contributed by atoms with Crippen LogP contribution in [0.3, 0.4) is 0 Å². The van der Waals surface area contributed by atoms with Crippen LogP contribution in [0.5, 0.6) is 5.75 Å². The van der Waals surface area contributed by atoms with Gasteiger partial charge in [0.2, 0.25) is 11.8 Å². The van der Waals surface area contributed by atoms with Gasteiger partial charge in [0.15, 0.2) is 0 Å². The number of aromatic nitrogens is 1. The number of aryl methyl sites for hydroxylation is 1. The number of hydrogen-bond donors (Lipinski definition) is 3. The van der Waals surface area contributed by atoms with E-state index in [0.717, 1.165) is 50.9 Å². The number of pyridine rings is 1. The molecule has 1 saturated carbocycles. The minimum absolute atomic E-state index is 0.0658. The van der Waals surface area contributed by atoms with Gasteiger partial charge in [-0.1, -0.05) is 6.07 Å². The lowest BCUT2D eigenvalue weighted by Crippen LogP contribution is -2.59. The van der Waals surface area contributed by atoms with Crippen LogP contribution in [0.15, 0.2) is 36.5 Å². The first-order valence-corrected chi connectivity index (χ1v) is 15.0. The topological polar surface area (TPSA) is 98.8 Å². The van der Waals surface area contributed by atoms with Crippen LogP contribution in [-0.2, 0) is 16.1 Å². The van der Waals surface area contributed by atoms with E-state index < -0.39 is 0 Å². The number of ether oxygens (including phenoxy) is 1. The maximum atomic E-state index is 14.9. The second kappa shape index (κ2) is 12.0. The van der Waals surface area contributed by atoms with E-state index in [9.17, 15) is 14.0 Å². The first kappa shape index (κ1) is 28.1. The molecular weight excluding hydrogens is 523 g/mol. The number of amides is 2.